The van der Waals surface area contributed by atoms with Crippen LogP contribution in [0, 0.1) is 26.8 Å². The molecule has 0 fully saturated rings. The average Bonchev–Trinajstić information content (AvgIpc) is 3.23. The summed E-state index contributed by atoms with van der Waals surface area (Å²) in [6.45, 7) is -0.897. The lowest BCUT2D eigenvalue weighted by atomic mass is 9.84. The Balaban J connectivity index is 1.70. The van der Waals surface area contributed by atoms with Crippen molar-refractivity contribution in [2.45, 2.75) is 18.1 Å². The second-order valence-corrected chi connectivity index (χ2v) is 8.33. The smallest absolute Gasteiger partial charge is 0.323 e. The van der Waals surface area contributed by atoms with Crippen LogP contribution < -0.4 is 4.74 Å². The molecule has 35 heavy (non-hydrogen) atoms. The van der Waals surface area contributed by atoms with Crippen molar-refractivity contribution in [2.24, 2.45) is 0 Å². The van der Waals surface area contributed by atoms with Gasteiger partial charge in [-0.1, -0.05) is 0 Å². The second-order valence-electron chi connectivity index (χ2n) is 7.36. The van der Waals surface area contributed by atoms with Gasteiger partial charge in [0.25, 0.3) is 0 Å². The zero-order chi connectivity index (χ0) is 25.2. The minimum Gasteiger partial charge on any atom is -0.456 e. The van der Waals surface area contributed by atoms with Crippen molar-refractivity contribution in [3.05, 3.63) is 99.4 Å². The van der Waals surface area contributed by atoms with Crippen LogP contribution in [-0.4, -0.2) is 24.9 Å². The molecule has 2 heterocycles. The standard InChI is InChI=1S/C23H14F4IN5O2/c24-15-3-7-18(19(25)9-15)22(34,12-33-21(28)31-13-32-33)23(26,27)20-8-6-17(11-30-20)35-16-4-1-14(10-29)2-5-16/h1-9,11,13,34H,12H2. The van der Waals surface area contributed by atoms with Crippen LogP contribution in [0.4, 0.5) is 17.6 Å². The molecule has 7 nitrogen and oxygen atoms in total. The van der Waals surface area contributed by atoms with E-state index in [0.29, 0.717) is 17.4 Å². The summed E-state index contributed by atoms with van der Waals surface area (Å²) in [7, 11) is 0. The number of aromatic nitrogens is 4. The lowest BCUT2D eigenvalue weighted by Gasteiger charge is -2.36. The quantitative estimate of drug-likeness (QED) is 0.241. The molecule has 1 unspecified atom stereocenters. The molecule has 2 aromatic carbocycles. The first-order valence-electron chi connectivity index (χ1n) is 9.87. The highest BCUT2D eigenvalue weighted by atomic mass is 127. The van der Waals surface area contributed by atoms with Gasteiger partial charge in [0.05, 0.1) is 24.4 Å². The molecule has 4 aromatic rings. The first kappa shape index (κ1) is 24.6. The van der Waals surface area contributed by atoms with Crippen molar-refractivity contribution in [2.75, 3.05) is 0 Å². The monoisotopic (exact) mass is 595 g/mol. The highest BCUT2D eigenvalue weighted by molar-refractivity contribution is 14.1. The fourth-order valence-electron chi connectivity index (χ4n) is 3.32. The van der Waals surface area contributed by atoms with Gasteiger partial charge in [0.1, 0.15) is 35.2 Å². The van der Waals surface area contributed by atoms with E-state index in [-0.39, 0.29) is 9.58 Å². The van der Waals surface area contributed by atoms with Crippen molar-refractivity contribution in [1.29, 1.82) is 5.26 Å². The molecule has 0 aliphatic rings. The van der Waals surface area contributed by atoms with E-state index in [9.17, 15) is 13.9 Å². The van der Waals surface area contributed by atoms with Gasteiger partial charge < -0.3 is 9.84 Å². The van der Waals surface area contributed by atoms with Gasteiger partial charge in [-0.25, -0.2) is 18.4 Å². The van der Waals surface area contributed by atoms with Crippen LogP contribution in [0.1, 0.15) is 16.8 Å². The van der Waals surface area contributed by atoms with Gasteiger partial charge in [-0.05, 0) is 48.5 Å². The maximum absolute atomic E-state index is 15.8. The van der Waals surface area contributed by atoms with E-state index in [1.807, 2.05) is 6.07 Å². The highest BCUT2D eigenvalue weighted by Gasteiger charge is 2.58. The molecular weight excluding hydrogens is 581 g/mol. The first-order chi connectivity index (χ1) is 16.6. The predicted octanol–water partition coefficient (Wildman–Crippen LogP) is 4.90. The molecule has 0 saturated carbocycles. The Morgan fingerprint density at radius 1 is 1.03 bits per heavy atom. The number of halogens is 5. The Labute approximate surface area is 209 Å². The molecular formula is C23H14F4IN5O2. The van der Waals surface area contributed by atoms with Gasteiger partial charge in [0, 0.05) is 34.2 Å². The lowest BCUT2D eigenvalue weighted by molar-refractivity contribution is -0.208. The molecule has 1 atom stereocenters. The largest absolute Gasteiger partial charge is 0.456 e. The molecule has 2 aromatic heterocycles. The molecule has 0 radical (unpaired) electrons. The Bertz CT molecular complexity index is 1390. The number of benzene rings is 2. The average molecular weight is 595 g/mol. The summed E-state index contributed by atoms with van der Waals surface area (Å²) >= 11 is 1.72. The molecule has 178 valence electrons. The Morgan fingerprint density at radius 3 is 2.31 bits per heavy atom. The lowest BCUT2D eigenvalue weighted by Crippen LogP contribution is -2.48. The van der Waals surface area contributed by atoms with Crippen LogP contribution in [-0.2, 0) is 18.1 Å². The number of nitrogens with zero attached hydrogens (tertiary/aromatic N) is 5. The SMILES string of the molecule is N#Cc1ccc(Oc2ccc(C(F)(F)C(O)(Cn3ncnc3I)c3ccc(F)cc3F)nc2)cc1. The topological polar surface area (TPSA) is 96.8 Å². The number of alkyl halides is 2. The van der Waals surface area contributed by atoms with Gasteiger partial charge in [-0.15, -0.1) is 0 Å². The molecule has 12 heteroatoms. The molecule has 0 amide bonds. The summed E-state index contributed by atoms with van der Waals surface area (Å²) < 4.78 is 66.5. The maximum atomic E-state index is 15.8. The van der Waals surface area contributed by atoms with Crippen LogP contribution in [0.5, 0.6) is 11.5 Å². The van der Waals surface area contributed by atoms with Crippen LogP contribution in [0.3, 0.4) is 0 Å². The molecule has 1 N–H and O–H groups in total. The van der Waals surface area contributed by atoms with E-state index in [2.05, 4.69) is 15.1 Å². The van der Waals surface area contributed by atoms with Gasteiger partial charge in [-0.3, -0.25) is 4.98 Å². The molecule has 0 bridgehead atoms. The summed E-state index contributed by atoms with van der Waals surface area (Å²) in [5, 5.41) is 23.9. The minimum absolute atomic E-state index is 0.108. The van der Waals surface area contributed by atoms with Gasteiger partial charge in [0.2, 0.25) is 0 Å². The van der Waals surface area contributed by atoms with Crippen molar-refractivity contribution >= 4 is 22.6 Å². The first-order valence-corrected chi connectivity index (χ1v) is 11.0. The summed E-state index contributed by atoms with van der Waals surface area (Å²) in [5.41, 5.74) is -4.51. The van der Waals surface area contributed by atoms with Crippen LogP contribution >= 0.6 is 22.6 Å². The number of hydrogen-bond donors (Lipinski definition) is 1. The molecule has 0 spiro atoms. The Kier molecular flexibility index (Phi) is 6.73. The second kappa shape index (κ2) is 9.59. The van der Waals surface area contributed by atoms with E-state index in [1.54, 1.807) is 22.6 Å². The van der Waals surface area contributed by atoms with E-state index in [1.165, 1.54) is 30.3 Å². The third-order valence-electron chi connectivity index (χ3n) is 5.12. The number of aliphatic hydroxyl groups is 1. The van der Waals surface area contributed by atoms with Gasteiger partial charge >= 0.3 is 5.92 Å². The summed E-state index contributed by atoms with van der Waals surface area (Å²) in [4.78, 5) is 7.57. The number of rotatable bonds is 7. The Morgan fingerprint density at radius 2 is 1.74 bits per heavy atom. The number of hydrogen-bond acceptors (Lipinski definition) is 6. The van der Waals surface area contributed by atoms with Gasteiger partial charge in [0.15, 0.2) is 9.43 Å². The summed E-state index contributed by atoms with van der Waals surface area (Å²) in [6.07, 6.45) is 2.11. The summed E-state index contributed by atoms with van der Waals surface area (Å²) in [6, 6.07) is 12.1. The normalized spacial score (nSPS) is 13.2. The maximum Gasteiger partial charge on any atom is 0.323 e. The van der Waals surface area contributed by atoms with Crippen LogP contribution in [0.2, 0.25) is 0 Å². The van der Waals surface area contributed by atoms with Crippen LogP contribution in [0.15, 0.2) is 67.1 Å². The summed E-state index contributed by atoms with van der Waals surface area (Å²) in [5.74, 6) is -6.06. The van der Waals surface area contributed by atoms with Gasteiger partial charge in [-0.2, -0.15) is 19.1 Å². The van der Waals surface area contributed by atoms with Crippen molar-refractivity contribution < 1.29 is 27.4 Å². The van der Waals surface area contributed by atoms with Crippen molar-refractivity contribution in [3.8, 4) is 17.6 Å². The fraction of sp³-hybridized carbons (Fsp3) is 0.130. The fourth-order valence-corrected chi connectivity index (χ4v) is 3.74. The zero-order valence-electron chi connectivity index (χ0n) is 17.5. The molecule has 0 saturated heterocycles. The number of ether oxygens (including phenoxy) is 1. The third kappa shape index (κ3) is 4.82. The predicted molar refractivity (Wildman–Crippen MR) is 122 cm³/mol. The van der Waals surface area contributed by atoms with Crippen LogP contribution in [0.25, 0.3) is 0 Å². The third-order valence-corrected chi connectivity index (χ3v) is 5.96. The van der Waals surface area contributed by atoms with E-state index < -0.39 is 41.0 Å². The minimum atomic E-state index is -4.16. The van der Waals surface area contributed by atoms with E-state index in [0.717, 1.165) is 35.4 Å². The van der Waals surface area contributed by atoms with E-state index in [4.69, 9.17) is 10.00 Å². The van der Waals surface area contributed by atoms with Crippen molar-refractivity contribution in [3.63, 3.8) is 0 Å². The van der Waals surface area contributed by atoms with E-state index >= 15 is 8.78 Å². The Hall–Kier alpha value is -3.57. The number of nitriles is 1. The molecule has 0 aliphatic heterocycles. The zero-order valence-corrected chi connectivity index (χ0v) is 19.7. The molecule has 4 rings (SSSR count). The highest BCUT2D eigenvalue weighted by Crippen LogP contribution is 2.47. The van der Waals surface area contributed by atoms with Crippen molar-refractivity contribution in [1.82, 2.24) is 19.7 Å². The number of pyridine rings is 1. The molecule has 0 aliphatic carbocycles.